The number of hydrogen-bond acceptors (Lipinski definition) is 3. The molecule has 2 saturated heterocycles. The average molecular weight is 401 g/mol. The minimum absolute atomic E-state index is 0.339. The van der Waals surface area contributed by atoms with Crippen molar-refractivity contribution in [1.29, 1.82) is 0 Å². The highest BCUT2D eigenvalue weighted by Crippen LogP contribution is 2.35. The van der Waals surface area contributed by atoms with Gasteiger partial charge in [-0.3, -0.25) is 4.79 Å². The molecule has 1 aliphatic carbocycles. The number of carbonyl (C=O) groups is 1. The Morgan fingerprint density at radius 3 is 1.96 bits per heavy atom. The number of likely N-dealkylation sites (tertiary alicyclic amines) is 1. The monoisotopic (exact) mass is 400 g/mol. The summed E-state index contributed by atoms with van der Waals surface area (Å²) in [6.45, 7) is 4.39. The molecule has 0 atom stereocenters. The van der Waals surface area contributed by atoms with Crippen molar-refractivity contribution in [2.75, 3.05) is 37.3 Å². The molecular weight excluding hydrogens is 364 g/mol. The molecule has 0 spiro atoms. The van der Waals surface area contributed by atoms with Gasteiger partial charge in [0.1, 0.15) is 0 Å². The van der Waals surface area contributed by atoms with E-state index in [4.69, 9.17) is 0 Å². The molecule has 3 aliphatic rings. The minimum Gasteiger partial charge on any atom is -0.372 e. The first-order chi connectivity index (χ1) is 13.7. The normalized spacial score (nSPS) is 23.2. The van der Waals surface area contributed by atoms with E-state index in [-0.39, 0.29) is 0 Å². The van der Waals surface area contributed by atoms with Gasteiger partial charge in [-0.2, -0.15) is 0 Å². The van der Waals surface area contributed by atoms with Crippen molar-refractivity contribution < 1.29 is 4.79 Å². The molecule has 0 N–H and O–H groups in total. The highest BCUT2D eigenvalue weighted by atomic mass is 32.2. The fourth-order valence-electron chi connectivity index (χ4n) is 5.62. The molecule has 4 rings (SSSR count). The van der Waals surface area contributed by atoms with Crippen LogP contribution in [0, 0.1) is 17.8 Å². The third kappa shape index (κ3) is 4.69. The van der Waals surface area contributed by atoms with Gasteiger partial charge in [0, 0.05) is 42.7 Å². The lowest BCUT2D eigenvalue weighted by Gasteiger charge is -2.41. The van der Waals surface area contributed by atoms with Crippen LogP contribution in [0.1, 0.15) is 57.8 Å². The van der Waals surface area contributed by atoms with Gasteiger partial charge < -0.3 is 9.80 Å². The van der Waals surface area contributed by atoms with Gasteiger partial charge in [0.2, 0.25) is 5.91 Å². The largest absolute Gasteiger partial charge is 0.372 e. The first kappa shape index (κ1) is 20.1. The Morgan fingerprint density at radius 1 is 0.821 bits per heavy atom. The van der Waals surface area contributed by atoms with Crippen LogP contribution >= 0.6 is 11.8 Å². The Balaban J connectivity index is 1.23. The molecule has 2 aliphatic heterocycles. The van der Waals surface area contributed by atoms with E-state index in [1.54, 1.807) is 0 Å². The predicted molar refractivity (Wildman–Crippen MR) is 119 cm³/mol. The van der Waals surface area contributed by atoms with Gasteiger partial charge in [-0.15, -0.1) is 11.8 Å². The summed E-state index contributed by atoms with van der Waals surface area (Å²) in [6.07, 6.45) is 13.3. The van der Waals surface area contributed by atoms with Crippen LogP contribution in [0.2, 0.25) is 0 Å². The highest BCUT2D eigenvalue weighted by Gasteiger charge is 2.33. The fraction of sp³-hybridized carbons (Fsp3) is 0.708. The molecule has 4 heteroatoms. The van der Waals surface area contributed by atoms with Crippen LogP contribution in [0.5, 0.6) is 0 Å². The number of anilines is 1. The maximum absolute atomic E-state index is 12.8. The van der Waals surface area contributed by atoms with Gasteiger partial charge in [0.25, 0.3) is 0 Å². The van der Waals surface area contributed by atoms with Gasteiger partial charge in [0.05, 0.1) is 0 Å². The zero-order valence-electron chi connectivity index (χ0n) is 17.4. The smallest absolute Gasteiger partial charge is 0.225 e. The summed E-state index contributed by atoms with van der Waals surface area (Å²) in [5.74, 6) is 2.50. The Kier molecular flexibility index (Phi) is 6.87. The number of rotatable bonds is 4. The van der Waals surface area contributed by atoms with E-state index in [9.17, 15) is 4.79 Å². The molecule has 1 aromatic carbocycles. The summed E-state index contributed by atoms with van der Waals surface area (Å²) in [6, 6.07) is 9.04. The molecule has 0 unspecified atom stereocenters. The number of amides is 1. The van der Waals surface area contributed by atoms with E-state index in [1.165, 1.54) is 68.6 Å². The van der Waals surface area contributed by atoms with Crippen LogP contribution in [-0.4, -0.2) is 43.2 Å². The van der Waals surface area contributed by atoms with Crippen LogP contribution in [-0.2, 0) is 4.79 Å². The Morgan fingerprint density at radius 2 is 1.39 bits per heavy atom. The zero-order chi connectivity index (χ0) is 19.3. The van der Waals surface area contributed by atoms with Gasteiger partial charge in [-0.25, -0.2) is 0 Å². The molecule has 3 nitrogen and oxygen atoms in total. The maximum Gasteiger partial charge on any atom is 0.225 e. The Labute approximate surface area is 175 Å². The molecule has 3 fully saturated rings. The summed E-state index contributed by atoms with van der Waals surface area (Å²) in [5, 5.41) is 0. The number of carbonyl (C=O) groups excluding carboxylic acids is 1. The van der Waals surface area contributed by atoms with Gasteiger partial charge in [-0.1, -0.05) is 19.3 Å². The third-order valence-corrected chi connectivity index (χ3v) is 8.19. The van der Waals surface area contributed by atoms with Crippen molar-refractivity contribution in [3.63, 3.8) is 0 Å². The topological polar surface area (TPSA) is 23.6 Å². The van der Waals surface area contributed by atoms with Gasteiger partial charge in [0.15, 0.2) is 0 Å². The average Bonchev–Trinajstić information content (AvgIpc) is 2.79. The lowest BCUT2D eigenvalue weighted by Crippen LogP contribution is -2.45. The lowest BCUT2D eigenvalue weighted by atomic mass is 9.78. The fourth-order valence-corrected chi connectivity index (χ4v) is 6.03. The quantitative estimate of drug-likeness (QED) is 0.628. The van der Waals surface area contributed by atoms with Crippen LogP contribution in [0.3, 0.4) is 0 Å². The zero-order valence-corrected chi connectivity index (χ0v) is 18.3. The summed E-state index contributed by atoms with van der Waals surface area (Å²) in [5.41, 5.74) is 1.38. The summed E-state index contributed by atoms with van der Waals surface area (Å²) in [4.78, 5) is 18.9. The predicted octanol–water partition coefficient (Wildman–Crippen LogP) is 5.44. The number of benzene rings is 1. The number of thioether (sulfide) groups is 1. The van der Waals surface area contributed by atoms with E-state index < -0.39 is 0 Å². The molecule has 0 aromatic heterocycles. The van der Waals surface area contributed by atoms with Gasteiger partial charge in [-0.05, 0) is 80.9 Å². The van der Waals surface area contributed by atoms with Crippen molar-refractivity contribution in [3.05, 3.63) is 24.3 Å². The van der Waals surface area contributed by atoms with Crippen LogP contribution in [0.4, 0.5) is 5.69 Å². The summed E-state index contributed by atoms with van der Waals surface area (Å²) < 4.78 is 0. The number of hydrogen-bond donors (Lipinski definition) is 0. The summed E-state index contributed by atoms with van der Waals surface area (Å²) >= 11 is 1.81. The molecule has 154 valence electrons. The molecule has 1 saturated carbocycles. The van der Waals surface area contributed by atoms with Gasteiger partial charge >= 0.3 is 0 Å². The Hall–Kier alpha value is -1.16. The van der Waals surface area contributed by atoms with Crippen molar-refractivity contribution in [2.24, 2.45) is 17.8 Å². The second-order valence-electron chi connectivity index (χ2n) is 9.02. The molecule has 0 radical (unpaired) electrons. The minimum atomic E-state index is 0.339. The second kappa shape index (κ2) is 9.56. The molecule has 2 heterocycles. The molecule has 1 amide bonds. The van der Waals surface area contributed by atoms with Crippen molar-refractivity contribution in [1.82, 2.24) is 4.90 Å². The first-order valence-electron chi connectivity index (χ1n) is 11.4. The standard InChI is InChI=1S/C24H36N2OS/c1-28-23-9-7-22(8-10-23)25-15-11-19(12-16-25)20-13-17-26(18-14-20)24(27)21-5-3-2-4-6-21/h7-10,19-21H,2-6,11-18H2,1H3. The molecule has 0 bridgehead atoms. The van der Waals surface area contributed by atoms with Crippen molar-refractivity contribution in [3.8, 4) is 0 Å². The lowest BCUT2D eigenvalue weighted by molar-refractivity contribution is -0.138. The van der Waals surface area contributed by atoms with Crippen LogP contribution < -0.4 is 4.90 Å². The van der Waals surface area contributed by atoms with E-state index in [2.05, 4.69) is 40.3 Å². The van der Waals surface area contributed by atoms with Crippen LogP contribution in [0.15, 0.2) is 29.2 Å². The SMILES string of the molecule is CSc1ccc(N2CCC(C3CCN(C(=O)C4CCCCC4)CC3)CC2)cc1. The number of piperidine rings is 2. The van der Waals surface area contributed by atoms with E-state index in [0.717, 1.165) is 37.8 Å². The summed E-state index contributed by atoms with van der Waals surface area (Å²) in [7, 11) is 0. The third-order valence-electron chi connectivity index (χ3n) is 7.45. The highest BCUT2D eigenvalue weighted by molar-refractivity contribution is 7.98. The van der Waals surface area contributed by atoms with Crippen molar-refractivity contribution >= 4 is 23.4 Å². The van der Waals surface area contributed by atoms with Crippen LogP contribution in [0.25, 0.3) is 0 Å². The first-order valence-corrected chi connectivity index (χ1v) is 12.6. The molecule has 1 aromatic rings. The Bertz CT molecular complexity index is 625. The van der Waals surface area contributed by atoms with E-state index in [1.807, 2.05) is 11.8 Å². The van der Waals surface area contributed by atoms with Crippen molar-refractivity contribution in [2.45, 2.75) is 62.7 Å². The van der Waals surface area contributed by atoms with E-state index >= 15 is 0 Å². The second-order valence-corrected chi connectivity index (χ2v) is 9.90. The molecule has 28 heavy (non-hydrogen) atoms. The van der Waals surface area contributed by atoms with E-state index in [0.29, 0.717) is 11.8 Å². The molecular formula is C24H36N2OS. The number of nitrogens with zero attached hydrogens (tertiary/aromatic N) is 2. The maximum atomic E-state index is 12.8.